The fourth-order valence-corrected chi connectivity index (χ4v) is 2.93. The van der Waals surface area contributed by atoms with Crippen molar-refractivity contribution in [3.63, 3.8) is 0 Å². The van der Waals surface area contributed by atoms with Gasteiger partial charge in [0.05, 0.1) is 29.5 Å². The van der Waals surface area contributed by atoms with Crippen molar-refractivity contribution >= 4 is 45.5 Å². The summed E-state index contributed by atoms with van der Waals surface area (Å²) < 4.78 is 5.63. The van der Waals surface area contributed by atoms with E-state index >= 15 is 0 Å². The van der Waals surface area contributed by atoms with Gasteiger partial charge in [-0.2, -0.15) is 0 Å². The highest BCUT2D eigenvalue weighted by atomic mass is 32.2. The number of nitrogen functional groups attached to an aromatic ring is 1. The van der Waals surface area contributed by atoms with Crippen LogP contribution in [0.15, 0.2) is 22.5 Å². The minimum Gasteiger partial charge on any atom is -0.494 e. The molecule has 0 saturated heterocycles. The predicted octanol–water partition coefficient (Wildman–Crippen LogP) is 1.77. The molecule has 0 spiro atoms. The number of thioether (sulfide) groups is 1. The topological polar surface area (TPSA) is 133 Å². The summed E-state index contributed by atoms with van der Waals surface area (Å²) in [5, 5.41) is 21.1. The average Bonchev–Trinajstić information content (AvgIpc) is 2.91. The van der Waals surface area contributed by atoms with Crippen LogP contribution < -0.4 is 15.8 Å². The maximum Gasteiger partial charge on any atom is 0.273 e. The smallest absolute Gasteiger partial charge is 0.273 e. The van der Waals surface area contributed by atoms with E-state index in [2.05, 4.69) is 15.5 Å². The zero-order valence-electron chi connectivity index (χ0n) is 11.3. The highest BCUT2D eigenvalue weighted by Gasteiger charge is 2.14. The van der Waals surface area contributed by atoms with Crippen molar-refractivity contribution in [2.75, 3.05) is 23.9 Å². The molecule has 9 nitrogen and oxygen atoms in total. The number of amides is 1. The van der Waals surface area contributed by atoms with Crippen LogP contribution >= 0.6 is 23.1 Å². The van der Waals surface area contributed by atoms with Crippen LogP contribution in [0.25, 0.3) is 0 Å². The second kappa shape index (κ2) is 7.04. The molecule has 0 radical (unpaired) electrons. The monoisotopic (exact) mass is 341 g/mol. The first-order valence-corrected chi connectivity index (χ1v) is 7.64. The van der Waals surface area contributed by atoms with E-state index in [9.17, 15) is 14.9 Å². The summed E-state index contributed by atoms with van der Waals surface area (Å²) in [6, 6.07) is 3.95. The number of nitrogens with one attached hydrogen (secondary N) is 1. The summed E-state index contributed by atoms with van der Waals surface area (Å²) >= 11 is 2.38. The maximum atomic E-state index is 11.9. The quantitative estimate of drug-likeness (QED) is 0.461. The van der Waals surface area contributed by atoms with Crippen LogP contribution in [0.4, 0.5) is 16.5 Å². The van der Waals surface area contributed by atoms with Gasteiger partial charge in [-0.25, -0.2) is 0 Å². The first-order valence-electron chi connectivity index (χ1n) is 5.83. The van der Waals surface area contributed by atoms with Gasteiger partial charge in [0, 0.05) is 6.07 Å². The lowest BCUT2D eigenvalue weighted by atomic mass is 10.2. The first kappa shape index (κ1) is 16.0. The summed E-state index contributed by atoms with van der Waals surface area (Å²) in [6.07, 6.45) is 0. The third kappa shape index (κ3) is 4.05. The molecule has 0 aliphatic heterocycles. The Kier molecular flexibility index (Phi) is 5.12. The Morgan fingerprint density at radius 1 is 1.55 bits per heavy atom. The Morgan fingerprint density at radius 2 is 2.32 bits per heavy atom. The summed E-state index contributed by atoms with van der Waals surface area (Å²) in [4.78, 5) is 22.0. The molecule has 3 N–H and O–H groups in total. The van der Waals surface area contributed by atoms with Crippen LogP contribution in [0.2, 0.25) is 0 Å². The highest BCUT2D eigenvalue weighted by molar-refractivity contribution is 8.01. The molecule has 2 aromatic rings. The number of nitrogens with zero attached hydrogens (tertiary/aromatic N) is 3. The first-order chi connectivity index (χ1) is 10.5. The number of anilines is 2. The Balaban J connectivity index is 2.00. The number of nitro groups is 1. The van der Waals surface area contributed by atoms with Crippen molar-refractivity contribution in [2.45, 2.75) is 4.34 Å². The van der Waals surface area contributed by atoms with Gasteiger partial charge >= 0.3 is 0 Å². The SMILES string of the molecule is COc1cc([N+](=O)[O-])ccc1NC(=O)CSc1nnc(N)s1. The summed E-state index contributed by atoms with van der Waals surface area (Å²) in [7, 11) is 1.37. The molecule has 0 saturated carbocycles. The Bertz CT molecular complexity index is 706. The molecule has 2 rings (SSSR count). The number of aromatic nitrogens is 2. The molecule has 0 atom stereocenters. The van der Waals surface area contributed by atoms with Crippen molar-refractivity contribution in [3.05, 3.63) is 28.3 Å². The standard InChI is InChI=1S/C11H11N5O4S2/c1-20-8-4-6(16(18)19)2-3-7(8)13-9(17)5-21-11-15-14-10(12)22-11/h2-4H,5H2,1H3,(H2,12,14)(H,13,17). The Hall–Kier alpha value is -2.40. The molecular weight excluding hydrogens is 330 g/mol. The Labute approximate surface area is 133 Å². The molecule has 1 aromatic heterocycles. The predicted molar refractivity (Wildman–Crippen MR) is 83.3 cm³/mol. The number of hydrogen-bond donors (Lipinski definition) is 2. The van der Waals surface area contributed by atoms with Crippen LogP contribution in [0.3, 0.4) is 0 Å². The van der Waals surface area contributed by atoms with Crippen molar-refractivity contribution in [3.8, 4) is 5.75 Å². The van der Waals surface area contributed by atoms with Gasteiger partial charge in [0.15, 0.2) is 4.34 Å². The van der Waals surface area contributed by atoms with Crippen LogP contribution in [-0.4, -0.2) is 33.9 Å². The number of hydrogen-bond acceptors (Lipinski definition) is 9. The summed E-state index contributed by atoms with van der Waals surface area (Å²) in [5.74, 6) is 0.0213. The molecule has 1 heterocycles. The number of ether oxygens (including phenoxy) is 1. The fraction of sp³-hybridized carbons (Fsp3) is 0.182. The molecule has 0 aliphatic rings. The molecular formula is C11H11N5O4S2. The number of carbonyl (C=O) groups excluding carboxylic acids is 1. The van der Waals surface area contributed by atoms with Gasteiger partial charge in [0.25, 0.3) is 5.69 Å². The molecule has 1 aromatic carbocycles. The number of carbonyl (C=O) groups is 1. The molecule has 116 valence electrons. The Morgan fingerprint density at radius 3 is 2.91 bits per heavy atom. The van der Waals surface area contributed by atoms with Gasteiger partial charge < -0.3 is 15.8 Å². The lowest BCUT2D eigenvalue weighted by Crippen LogP contribution is -2.14. The number of rotatable bonds is 6. The van der Waals surface area contributed by atoms with Crippen LogP contribution in [0, 0.1) is 10.1 Å². The second-order valence-corrected chi connectivity index (χ2v) is 6.12. The van der Waals surface area contributed by atoms with Crippen molar-refractivity contribution in [1.82, 2.24) is 10.2 Å². The van der Waals surface area contributed by atoms with Crippen molar-refractivity contribution in [2.24, 2.45) is 0 Å². The van der Waals surface area contributed by atoms with Crippen molar-refractivity contribution in [1.29, 1.82) is 0 Å². The molecule has 0 fully saturated rings. The van der Waals surface area contributed by atoms with Crippen LogP contribution in [0.5, 0.6) is 5.75 Å². The minimum absolute atomic E-state index is 0.106. The fourth-order valence-electron chi connectivity index (χ4n) is 1.49. The average molecular weight is 341 g/mol. The van der Waals surface area contributed by atoms with E-state index in [0.29, 0.717) is 15.2 Å². The van der Waals surface area contributed by atoms with E-state index in [1.807, 2.05) is 0 Å². The number of nitro benzene ring substituents is 1. The van der Waals surface area contributed by atoms with E-state index in [4.69, 9.17) is 10.5 Å². The molecule has 22 heavy (non-hydrogen) atoms. The maximum absolute atomic E-state index is 11.9. The largest absolute Gasteiger partial charge is 0.494 e. The molecule has 1 amide bonds. The van der Waals surface area contributed by atoms with Gasteiger partial charge in [-0.1, -0.05) is 23.1 Å². The number of methoxy groups -OCH3 is 1. The van der Waals surface area contributed by atoms with Gasteiger partial charge in [-0.3, -0.25) is 14.9 Å². The lowest BCUT2D eigenvalue weighted by molar-refractivity contribution is -0.384. The minimum atomic E-state index is -0.538. The zero-order valence-corrected chi connectivity index (χ0v) is 12.9. The van der Waals surface area contributed by atoms with E-state index in [0.717, 1.165) is 0 Å². The second-order valence-electron chi connectivity index (χ2n) is 3.88. The van der Waals surface area contributed by atoms with E-state index in [-0.39, 0.29) is 23.1 Å². The number of nitrogens with two attached hydrogens (primary N) is 1. The third-order valence-electron chi connectivity index (χ3n) is 2.42. The van der Waals surface area contributed by atoms with E-state index in [1.165, 1.54) is 48.4 Å². The van der Waals surface area contributed by atoms with E-state index in [1.54, 1.807) is 0 Å². The van der Waals surface area contributed by atoms with Crippen LogP contribution in [0.1, 0.15) is 0 Å². The van der Waals surface area contributed by atoms with Gasteiger partial charge in [-0.05, 0) is 6.07 Å². The lowest BCUT2D eigenvalue weighted by Gasteiger charge is -2.09. The van der Waals surface area contributed by atoms with Crippen LogP contribution in [-0.2, 0) is 4.79 Å². The van der Waals surface area contributed by atoms with Gasteiger partial charge in [-0.15, -0.1) is 10.2 Å². The third-order valence-corrected chi connectivity index (χ3v) is 4.30. The number of non-ortho nitro benzene ring substituents is 1. The van der Waals surface area contributed by atoms with Gasteiger partial charge in [0.1, 0.15) is 5.75 Å². The molecule has 0 unspecified atom stereocenters. The van der Waals surface area contributed by atoms with Crippen molar-refractivity contribution < 1.29 is 14.5 Å². The zero-order chi connectivity index (χ0) is 16.1. The van der Waals surface area contributed by atoms with Gasteiger partial charge in [0.2, 0.25) is 11.0 Å². The molecule has 0 bridgehead atoms. The molecule has 11 heteroatoms. The molecule has 0 aliphatic carbocycles. The van der Waals surface area contributed by atoms with E-state index < -0.39 is 4.92 Å². The summed E-state index contributed by atoms with van der Waals surface area (Å²) in [5.41, 5.74) is 5.68. The summed E-state index contributed by atoms with van der Waals surface area (Å²) in [6.45, 7) is 0. The number of benzene rings is 1. The normalized spacial score (nSPS) is 10.2. The highest BCUT2D eigenvalue weighted by Crippen LogP contribution is 2.29.